The van der Waals surface area contributed by atoms with Gasteiger partial charge < -0.3 is 15.2 Å². The molecule has 1 aromatic heterocycles. The molecule has 0 bridgehead atoms. The summed E-state index contributed by atoms with van der Waals surface area (Å²) in [6, 6.07) is 0. The fourth-order valence-electron chi connectivity index (χ4n) is 1.81. The maximum atomic E-state index is 11.6. The molecule has 0 radical (unpaired) electrons. The highest BCUT2D eigenvalue weighted by Crippen LogP contribution is 2.14. The summed E-state index contributed by atoms with van der Waals surface area (Å²) in [4.78, 5) is 11.6. The van der Waals surface area contributed by atoms with Crippen LogP contribution in [-0.4, -0.2) is 40.8 Å². The van der Waals surface area contributed by atoms with Crippen LogP contribution in [0.15, 0.2) is 6.20 Å². The molecular formula is C11H18N4O3. The molecule has 1 saturated heterocycles. The Balaban J connectivity index is 1.71. The zero-order valence-electron chi connectivity index (χ0n) is 10.2. The normalized spacial score (nSPS) is 16.7. The molecule has 2 rings (SSSR count). The third-order valence-corrected chi connectivity index (χ3v) is 2.91. The smallest absolute Gasteiger partial charge is 0.327 e. The van der Waals surface area contributed by atoms with Gasteiger partial charge in [-0.2, -0.15) is 0 Å². The molecule has 0 aromatic carbocycles. The zero-order chi connectivity index (χ0) is 12.8. The maximum absolute atomic E-state index is 11.6. The van der Waals surface area contributed by atoms with Crippen molar-refractivity contribution in [2.24, 2.45) is 11.7 Å². The van der Waals surface area contributed by atoms with E-state index in [0.717, 1.165) is 26.1 Å². The Morgan fingerprint density at radius 1 is 1.56 bits per heavy atom. The molecular weight excluding hydrogens is 236 g/mol. The summed E-state index contributed by atoms with van der Waals surface area (Å²) >= 11 is 0. The van der Waals surface area contributed by atoms with Crippen LogP contribution in [0.3, 0.4) is 0 Å². The van der Waals surface area contributed by atoms with E-state index in [1.807, 2.05) is 0 Å². The first-order valence-corrected chi connectivity index (χ1v) is 6.10. The Kier molecular flexibility index (Phi) is 4.66. The molecule has 0 saturated carbocycles. The number of hydrogen-bond donors (Lipinski definition) is 1. The van der Waals surface area contributed by atoms with Gasteiger partial charge in [-0.25, -0.2) is 4.68 Å². The molecule has 0 unspecified atom stereocenters. The summed E-state index contributed by atoms with van der Waals surface area (Å²) < 4.78 is 11.9. The van der Waals surface area contributed by atoms with E-state index in [1.165, 1.54) is 4.68 Å². The largest absolute Gasteiger partial charge is 0.464 e. The number of ether oxygens (including phenoxy) is 2. The molecule has 2 heterocycles. The zero-order valence-corrected chi connectivity index (χ0v) is 10.2. The maximum Gasteiger partial charge on any atom is 0.327 e. The Morgan fingerprint density at radius 3 is 3.00 bits per heavy atom. The van der Waals surface area contributed by atoms with Gasteiger partial charge in [-0.15, -0.1) is 5.10 Å². The van der Waals surface area contributed by atoms with Crippen molar-refractivity contribution < 1.29 is 14.3 Å². The van der Waals surface area contributed by atoms with Crippen LogP contribution >= 0.6 is 0 Å². The van der Waals surface area contributed by atoms with Gasteiger partial charge in [0.2, 0.25) is 0 Å². The van der Waals surface area contributed by atoms with E-state index in [0.29, 0.717) is 24.8 Å². The van der Waals surface area contributed by atoms with E-state index in [4.69, 9.17) is 15.2 Å². The van der Waals surface area contributed by atoms with Crippen LogP contribution in [0.4, 0.5) is 0 Å². The Hall–Kier alpha value is -1.47. The van der Waals surface area contributed by atoms with Gasteiger partial charge in [-0.05, 0) is 18.8 Å². The Morgan fingerprint density at radius 2 is 2.33 bits per heavy atom. The summed E-state index contributed by atoms with van der Waals surface area (Å²) in [5, 5.41) is 7.59. The number of nitrogens with two attached hydrogens (primary N) is 1. The molecule has 1 aliphatic heterocycles. The van der Waals surface area contributed by atoms with Crippen LogP contribution in [-0.2, 0) is 27.4 Å². The van der Waals surface area contributed by atoms with E-state index in [-0.39, 0.29) is 12.5 Å². The molecule has 100 valence electrons. The summed E-state index contributed by atoms with van der Waals surface area (Å²) in [6.07, 6.45) is 3.55. The number of aromatic nitrogens is 3. The van der Waals surface area contributed by atoms with Crippen LogP contribution in [0.5, 0.6) is 0 Å². The van der Waals surface area contributed by atoms with Gasteiger partial charge >= 0.3 is 5.97 Å². The van der Waals surface area contributed by atoms with E-state index >= 15 is 0 Å². The van der Waals surface area contributed by atoms with Crippen LogP contribution in [0.25, 0.3) is 0 Å². The molecule has 2 N–H and O–H groups in total. The predicted octanol–water partition coefficient (Wildman–Crippen LogP) is -0.293. The number of hydrogen-bond acceptors (Lipinski definition) is 6. The molecule has 0 aliphatic carbocycles. The second kappa shape index (κ2) is 6.46. The van der Waals surface area contributed by atoms with Crippen molar-refractivity contribution in [1.29, 1.82) is 0 Å². The highest BCUT2D eigenvalue weighted by atomic mass is 16.5. The molecule has 7 heteroatoms. The van der Waals surface area contributed by atoms with Gasteiger partial charge in [-0.3, -0.25) is 4.79 Å². The van der Waals surface area contributed by atoms with Gasteiger partial charge in [-0.1, -0.05) is 5.21 Å². The van der Waals surface area contributed by atoms with Gasteiger partial charge in [0.05, 0.1) is 18.5 Å². The molecule has 1 fully saturated rings. The molecule has 1 aliphatic rings. The Bertz CT molecular complexity index is 387. The minimum absolute atomic E-state index is 0.0796. The quantitative estimate of drug-likeness (QED) is 0.726. The van der Waals surface area contributed by atoms with Crippen molar-refractivity contribution in [3.63, 3.8) is 0 Å². The van der Waals surface area contributed by atoms with E-state index in [1.54, 1.807) is 6.20 Å². The average molecular weight is 254 g/mol. The van der Waals surface area contributed by atoms with Crippen molar-refractivity contribution in [2.75, 3.05) is 19.8 Å². The first-order chi connectivity index (χ1) is 8.78. The summed E-state index contributed by atoms with van der Waals surface area (Å²) in [5.41, 5.74) is 6.07. The standard InChI is InChI=1S/C11H18N4O3/c12-5-10-6-15(14-13-10)7-11(16)18-8-9-1-3-17-4-2-9/h6,9H,1-5,7-8,12H2. The minimum atomic E-state index is -0.296. The molecule has 0 spiro atoms. The second-order valence-electron chi connectivity index (χ2n) is 4.35. The van der Waals surface area contributed by atoms with Crippen LogP contribution in [0, 0.1) is 5.92 Å². The van der Waals surface area contributed by atoms with Gasteiger partial charge in [0.15, 0.2) is 0 Å². The van der Waals surface area contributed by atoms with Crippen LogP contribution < -0.4 is 5.73 Å². The molecule has 1 aromatic rings. The first-order valence-electron chi connectivity index (χ1n) is 6.10. The summed E-state index contributed by atoms with van der Waals surface area (Å²) in [6.45, 7) is 2.37. The fraction of sp³-hybridized carbons (Fsp3) is 0.727. The lowest BCUT2D eigenvalue weighted by Gasteiger charge is -2.21. The van der Waals surface area contributed by atoms with Crippen LogP contribution in [0.1, 0.15) is 18.5 Å². The minimum Gasteiger partial charge on any atom is -0.464 e. The topological polar surface area (TPSA) is 92.3 Å². The third-order valence-electron chi connectivity index (χ3n) is 2.91. The molecule has 18 heavy (non-hydrogen) atoms. The van der Waals surface area contributed by atoms with E-state index in [2.05, 4.69) is 10.3 Å². The third kappa shape index (κ3) is 3.78. The van der Waals surface area contributed by atoms with Gasteiger partial charge in [0.1, 0.15) is 6.54 Å². The molecule has 0 atom stereocenters. The number of carbonyl (C=O) groups excluding carboxylic acids is 1. The van der Waals surface area contributed by atoms with Crippen molar-refractivity contribution in [2.45, 2.75) is 25.9 Å². The van der Waals surface area contributed by atoms with Gasteiger partial charge in [0, 0.05) is 19.8 Å². The highest BCUT2D eigenvalue weighted by Gasteiger charge is 2.16. The van der Waals surface area contributed by atoms with Crippen molar-refractivity contribution in [3.05, 3.63) is 11.9 Å². The van der Waals surface area contributed by atoms with Gasteiger partial charge in [0.25, 0.3) is 0 Å². The van der Waals surface area contributed by atoms with Crippen molar-refractivity contribution in [3.8, 4) is 0 Å². The number of nitrogens with zero attached hydrogens (tertiary/aromatic N) is 3. The lowest BCUT2D eigenvalue weighted by Crippen LogP contribution is -2.23. The lowest BCUT2D eigenvalue weighted by molar-refractivity contribution is -0.147. The summed E-state index contributed by atoms with van der Waals surface area (Å²) in [7, 11) is 0. The van der Waals surface area contributed by atoms with Crippen molar-refractivity contribution in [1.82, 2.24) is 15.0 Å². The van der Waals surface area contributed by atoms with Crippen molar-refractivity contribution >= 4 is 5.97 Å². The first kappa shape index (κ1) is 13.0. The monoisotopic (exact) mass is 254 g/mol. The fourth-order valence-corrected chi connectivity index (χ4v) is 1.81. The number of carbonyl (C=O) groups is 1. The predicted molar refractivity (Wildman–Crippen MR) is 62.4 cm³/mol. The Labute approximate surface area is 105 Å². The van der Waals surface area contributed by atoms with E-state index < -0.39 is 0 Å². The SMILES string of the molecule is NCc1cn(CC(=O)OCC2CCOCC2)nn1. The number of rotatable bonds is 5. The lowest BCUT2D eigenvalue weighted by atomic mass is 10.0. The van der Waals surface area contributed by atoms with Crippen LogP contribution in [0.2, 0.25) is 0 Å². The van der Waals surface area contributed by atoms with E-state index in [9.17, 15) is 4.79 Å². The summed E-state index contributed by atoms with van der Waals surface area (Å²) in [5.74, 6) is 0.119. The average Bonchev–Trinajstić information content (AvgIpc) is 2.85. The molecule has 0 amide bonds. The second-order valence-corrected chi connectivity index (χ2v) is 4.35. The number of esters is 1. The molecule has 7 nitrogen and oxygen atoms in total. The highest BCUT2D eigenvalue weighted by molar-refractivity contribution is 5.68.